The molecular formula is C6H7N5O3. The van der Waals surface area contributed by atoms with E-state index in [0.717, 1.165) is 0 Å². The van der Waals surface area contributed by atoms with E-state index in [0.29, 0.717) is 17.0 Å². The van der Waals surface area contributed by atoms with Gasteiger partial charge < -0.3 is 20.9 Å². The number of hydrogen-bond donors (Lipinski definition) is 4. The summed E-state index contributed by atoms with van der Waals surface area (Å²) in [5.74, 6) is 0.433. The van der Waals surface area contributed by atoms with Gasteiger partial charge in [0.1, 0.15) is 11.8 Å². The topological polar surface area (TPSA) is 138 Å². The van der Waals surface area contributed by atoms with Gasteiger partial charge in [0.25, 0.3) is 0 Å². The number of carbonyl (C=O) groups is 1. The summed E-state index contributed by atoms with van der Waals surface area (Å²) in [6, 6.07) is 0. The summed E-state index contributed by atoms with van der Waals surface area (Å²) >= 11 is 0. The molecule has 0 unspecified atom stereocenters. The van der Waals surface area contributed by atoms with Gasteiger partial charge in [0.15, 0.2) is 11.5 Å². The van der Waals surface area contributed by atoms with Crippen LogP contribution < -0.4 is 5.73 Å². The molecule has 0 atom stereocenters. The number of nitrogens with one attached hydrogen (secondary N) is 1. The number of nitrogens with two attached hydrogens (primary N) is 1. The molecule has 0 bridgehead atoms. The molecule has 5 N–H and O–H groups in total. The summed E-state index contributed by atoms with van der Waals surface area (Å²) in [4.78, 5) is 22.9. The van der Waals surface area contributed by atoms with Crippen molar-refractivity contribution in [3.8, 4) is 0 Å². The maximum absolute atomic E-state index is 8.56. The minimum absolute atomic E-state index is 0.433. The second-order valence-corrected chi connectivity index (χ2v) is 2.14. The summed E-state index contributed by atoms with van der Waals surface area (Å²) in [6.45, 7) is 0. The molecule has 0 spiro atoms. The van der Waals surface area contributed by atoms with Crippen LogP contribution in [0.3, 0.4) is 0 Å². The largest absolute Gasteiger partial charge is 0.503 e. The Bertz CT molecular complexity index is 436. The van der Waals surface area contributed by atoms with Crippen LogP contribution in [0.2, 0.25) is 0 Å². The average molecular weight is 197 g/mol. The molecule has 0 radical (unpaired) electrons. The molecular weight excluding hydrogens is 190 g/mol. The van der Waals surface area contributed by atoms with Crippen LogP contribution in [0.1, 0.15) is 0 Å². The number of fused-ring (bicyclic) bond motifs is 1. The van der Waals surface area contributed by atoms with E-state index in [9.17, 15) is 0 Å². The zero-order valence-electron chi connectivity index (χ0n) is 6.88. The fourth-order valence-electron chi connectivity index (χ4n) is 0.784. The lowest BCUT2D eigenvalue weighted by atomic mass is 10.5. The van der Waals surface area contributed by atoms with E-state index in [2.05, 4.69) is 19.9 Å². The highest BCUT2D eigenvalue weighted by molar-refractivity contribution is 5.80. The summed E-state index contributed by atoms with van der Waals surface area (Å²) in [6.07, 6.45) is 1.09. The lowest BCUT2D eigenvalue weighted by Gasteiger charge is -1.89. The number of nitrogen functional groups attached to an aromatic ring is 1. The molecule has 0 aliphatic rings. The van der Waals surface area contributed by atoms with Crippen LogP contribution in [0.15, 0.2) is 12.7 Å². The third kappa shape index (κ3) is 2.30. The number of anilines is 1. The summed E-state index contributed by atoms with van der Waals surface area (Å²) in [5, 5.41) is 13.9. The van der Waals surface area contributed by atoms with Crippen molar-refractivity contribution in [2.45, 2.75) is 0 Å². The molecule has 0 saturated heterocycles. The number of H-pyrrole nitrogens is 1. The summed E-state index contributed by atoms with van der Waals surface area (Å²) in [5.41, 5.74) is 6.78. The van der Waals surface area contributed by atoms with Crippen LogP contribution in [-0.4, -0.2) is 36.3 Å². The van der Waals surface area contributed by atoms with Gasteiger partial charge in [0.05, 0.1) is 6.33 Å². The van der Waals surface area contributed by atoms with Gasteiger partial charge in [0.2, 0.25) is 0 Å². The molecule has 0 fully saturated rings. The molecule has 8 nitrogen and oxygen atoms in total. The van der Waals surface area contributed by atoms with Crippen molar-refractivity contribution in [1.82, 2.24) is 19.9 Å². The lowest BCUT2D eigenvalue weighted by Crippen LogP contribution is -1.91. The van der Waals surface area contributed by atoms with Crippen LogP contribution in [0.4, 0.5) is 10.6 Å². The fourth-order valence-corrected chi connectivity index (χ4v) is 0.784. The zero-order valence-corrected chi connectivity index (χ0v) is 6.88. The Labute approximate surface area is 77.4 Å². The molecule has 0 aromatic carbocycles. The van der Waals surface area contributed by atoms with Gasteiger partial charge in [-0.15, -0.1) is 0 Å². The van der Waals surface area contributed by atoms with Gasteiger partial charge in [-0.1, -0.05) is 0 Å². The first-order valence-electron chi connectivity index (χ1n) is 3.42. The molecule has 0 amide bonds. The Morgan fingerprint density at radius 2 is 2.00 bits per heavy atom. The Morgan fingerprint density at radius 1 is 1.36 bits per heavy atom. The van der Waals surface area contributed by atoms with E-state index in [1.165, 1.54) is 12.7 Å². The Hall–Kier alpha value is -2.38. The molecule has 74 valence electrons. The molecule has 0 aliphatic carbocycles. The third-order valence-corrected chi connectivity index (χ3v) is 1.25. The van der Waals surface area contributed by atoms with Crippen LogP contribution in [0.5, 0.6) is 0 Å². The van der Waals surface area contributed by atoms with Gasteiger partial charge in [-0.05, 0) is 0 Å². The molecule has 2 rings (SSSR count). The van der Waals surface area contributed by atoms with Gasteiger partial charge in [0, 0.05) is 0 Å². The van der Waals surface area contributed by atoms with E-state index in [1.54, 1.807) is 0 Å². The minimum Gasteiger partial charge on any atom is -0.450 e. The van der Waals surface area contributed by atoms with Crippen molar-refractivity contribution in [3.05, 3.63) is 12.7 Å². The van der Waals surface area contributed by atoms with Gasteiger partial charge >= 0.3 is 6.16 Å². The molecule has 2 aromatic heterocycles. The van der Waals surface area contributed by atoms with Crippen molar-refractivity contribution in [2.24, 2.45) is 0 Å². The summed E-state index contributed by atoms with van der Waals surface area (Å²) < 4.78 is 0. The van der Waals surface area contributed by atoms with Crippen LogP contribution in [-0.2, 0) is 0 Å². The number of aromatic amines is 1. The zero-order chi connectivity index (χ0) is 10.6. The second-order valence-electron chi connectivity index (χ2n) is 2.14. The predicted octanol–water partition coefficient (Wildman–Crippen LogP) is 0.158. The van der Waals surface area contributed by atoms with Crippen molar-refractivity contribution < 1.29 is 15.0 Å². The maximum Gasteiger partial charge on any atom is 0.503 e. The first kappa shape index (κ1) is 9.71. The van der Waals surface area contributed by atoms with Crippen molar-refractivity contribution in [2.75, 3.05) is 5.73 Å². The normalized spacial score (nSPS) is 9.14. The van der Waals surface area contributed by atoms with Gasteiger partial charge in [-0.3, -0.25) is 0 Å². The van der Waals surface area contributed by atoms with E-state index < -0.39 is 6.16 Å². The molecule has 2 heterocycles. The van der Waals surface area contributed by atoms with E-state index in [-0.39, 0.29) is 0 Å². The molecule has 8 heteroatoms. The Morgan fingerprint density at radius 3 is 2.57 bits per heavy atom. The number of aromatic nitrogens is 4. The smallest absolute Gasteiger partial charge is 0.450 e. The number of rotatable bonds is 0. The first-order chi connectivity index (χ1) is 6.61. The monoisotopic (exact) mass is 197 g/mol. The number of nitrogens with zero attached hydrogens (tertiary/aromatic N) is 3. The van der Waals surface area contributed by atoms with E-state index in [4.69, 9.17) is 20.7 Å². The lowest BCUT2D eigenvalue weighted by molar-refractivity contribution is 0.137. The summed E-state index contributed by atoms with van der Waals surface area (Å²) in [7, 11) is 0. The molecule has 2 aromatic rings. The van der Waals surface area contributed by atoms with E-state index >= 15 is 0 Å². The Balaban J connectivity index is 0.000000213. The Kier molecular flexibility index (Phi) is 2.79. The second kappa shape index (κ2) is 4.03. The number of imidazole rings is 1. The van der Waals surface area contributed by atoms with Crippen LogP contribution >= 0.6 is 0 Å². The highest BCUT2D eigenvalue weighted by atomic mass is 16.6. The SMILES string of the molecule is Nc1ncnc2nc[nH]c12.O=C(O)O. The van der Waals surface area contributed by atoms with Crippen LogP contribution in [0, 0.1) is 0 Å². The third-order valence-electron chi connectivity index (χ3n) is 1.25. The highest BCUT2D eigenvalue weighted by Crippen LogP contribution is 2.09. The fraction of sp³-hybridized carbons (Fsp3) is 0. The maximum atomic E-state index is 8.56. The molecule has 14 heavy (non-hydrogen) atoms. The quantitative estimate of drug-likeness (QED) is 0.471. The van der Waals surface area contributed by atoms with Crippen molar-refractivity contribution in [1.29, 1.82) is 0 Å². The van der Waals surface area contributed by atoms with Gasteiger partial charge in [-0.2, -0.15) is 0 Å². The van der Waals surface area contributed by atoms with Crippen molar-refractivity contribution >= 4 is 23.1 Å². The van der Waals surface area contributed by atoms with E-state index in [1.807, 2.05) is 0 Å². The molecule has 0 saturated carbocycles. The molecule has 0 aliphatic heterocycles. The van der Waals surface area contributed by atoms with Gasteiger partial charge in [-0.25, -0.2) is 19.7 Å². The average Bonchev–Trinajstić information content (AvgIpc) is 2.52. The predicted molar refractivity (Wildman–Crippen MR) is 46.7 cm³/mol. The number of carboxylic acid groups (broad SMARTS) is 2. The highest BCUT2D eigenvalue weighted by Gasteiger charge is 1.99. The standard InChI is InChI=1S/C5H5N5.CH2O3/c6-4-3-5(9-1-7-3)10-2-8-4;2-1(3)4/h1-2H,(H3,6,7,8,9,10);(H2,2,3,4). The van der Waals surface area contributed by atoms with Crippen LogP contribution in [0.25, 0.3) is 11.2 Å². The number of hydrogen-bond acceptors (Lipinski definition) is 5. The van der Waals surface area contributed by atoms with Crippen molar-refractivity contribution in [3.63, 3.8) is 0 Å². The first-order valence-corrected chi connectivity index (χ1v) is 3.42. The minimum atomic E-state index is -1.83.